The van der Waals surface area contributed by atoms with E-state index in [-0.39, 0.29) is 5.75 Å². The van der Waals surface area contributed by atoms with Gasteiger partial charge in [0.2, 0.25) is 0 Å². The van der Waals surface area contributed by atoms with Crippen molar-refractivity contribution in [3.8, 4) is 0 Å². The average molecular weight is 262 g/mol. The van der Waals surface area contributed by atoms with Crippen LogP contribution < -0.4 is 5.73 Å². The van der Waals surface area contributed by atoms with Gasteiger partial charge in [-0.05, 0) is 24.6 Å². The summed E-state index contributed by atoms with van der Waals surface area (Å²) >= 11 is 5.84. The molecule has 2 N–H and O–H groups in total. The van der Waals surface area contributed by atoms with Crippen LogP contribution in [-0.2, 0) is 9.84 Å². The van der Waals surface area contributed by atoms with Crippen LogP contribution in [0.3, 0.4) is 0 Å². The summed E-state index contributed by atoms with van der Waals surface area (Å²) in [7, 11) is -3.13. The summed E-state index contributed by atoms with van der Waals surface area (Å²) < 4.78 is 23.4. The van der Waals surface area contributed by atoms with E-state index >= 15 is 0 Å². The first-order valence-corrected chi connectivity index (χ1v) is 7.20. The van der Waals surface area contributed by atoms with E-state index in [0.29, 0.717) is 5.02 Å². The standard InChI is InChI=1S/C11H16ClNO2S/c1-3-16(14,15)8(2)11(13)9-5-4-6-10(12)7-9/h4-8,11H,3,13H2,1-2H3/t8-,11+/m0/s1. The second-order valence-corrected chi connectivity index (χ2v) is 6.82. The molecule has 16 heavy (non-hydrogen) atoms. The quantitative estimate of drug-likeness (QED) is 0.904. The monoisotopic (exact) mass is 261 g/mol. The minimum Gasteiger partial charge on any atom is -0.323 e. The molecule has 0 radical (unpaired) electrons. The van der Waals surface area contributed by atoms with E-state index in [2.05, 4.69) is 0 Å². The second-order valence-electron chi connectivity index (χ2n) is 3.74. The van der Waals surface area contributed by atoms with Gasteiger partial charge < -0.3 is 5.73 Å². The third-order valence-electron chi connectivity index (χ3n) is 2.71. The molecule has 0 aliphatic rings. The highest BCUT2D eigenvalue weighted by molar-refractivity contribution is 7.92. The summed E-state index contributed by atoms with van der Waals surface area (Å²) in [6.45, 7) is 3.25. The van der Waals surface area contributed by atoms with Crippen LogP contribution >= 0.6 is 11.6 Å². The van der Waals surface area contributed by atoms with Gasteiger partial charge in [0.1, 0.15) is 0 Å². The zero-order valence-corrected chi connectivity index (χ0v) is 10.9. The summed E-state index contributed by atoms with van der Waals surface area (Å²) in [4.78, 5) is 0. The van der Waals surface area contributed by atoms with Crippen LogP contribution in [0.4, 0.5) is 0 Å². The van der Waals surface area contributed by atoms with Gasteiger partial charge in [0, 0.05) is 16.8 Å². The molecule has 0 aliphatic carbocycles. The van der Waals surface area contributed by atoms with Crippen LogP contribution in [0.15, 0.2) is 24.3 Å². The normalized spacial score (nSPS) is 15.8. The molecule has 0 fully saturated rings. The predicted octanol–water partition coefficient (Wildman–Crippen LogP) is 2.16. The van der Waals surface area contributed by atoms with Crippen LogP contribution in [0.5, 0.6) is 0 Å². The lowest BCUT2D eigenvalue weighted by Crippen LogP contribution is -2.32. The lowest BCUT2D eigenvalue weighted by Gasteiger charge is -2.20. The van der Waals surface area contributed by atoms with E-state index in [1.54, 1.807) is 38.1 Å². The van der Waals surface area contributed by atoms with Crippen molar-refractivity contribution in [2.24, 2.45) is 5.73 Å². The highest BCUT2D eigenvalue weighted by Crippen LogP contribution is 2.22. The first kappa shape index (κ1) is 13.5. The molecule has 0 bridgehead atoms. The van der Waals surface area contributed by atoms with Crippen molar-refractivity contribution in [2.75, 3.05) is 5.75 Å². The molecule has 1 aromatic carbocycles. The van der Waals surface area contributed by atoms with E-state index in [1.807, 2.05) is 0 Å². The Morgan fingerprint density at radius 2 is 2.06 bits per heavy atom. The maximum absolute atomic E-state index is 11.7. The van der Waals surface area contributed by atoms with Crippen LogP contribution in [-0.4, -0.2) is 19.4 Å². The molecule has 2 atom stereocenters. The number of sulfone groups is 1. The van der Waals surface area contributed by atoms with E-state index in [0.717, 1.165) is 5.56 Å². The smallest absolute Gasteiger partial charge is 0.154 e. The van der Waals surface area contributed by atoms with Crippen LogP contribution in [0.2, 0.25) is 5.02 Å². The van der Waals surface area contributed by atoms with Gasteiger partial charge in [-0.25, -0.2) is 8.42 Å². The number of rotatable bonds is 4. The molecular weight excluding hydrogens is 246 g/mol. The van der Waals surface area contributed by atoms with Gasteiger partial charge in [-0.3, -0.25) is 0 Å². The Labute approximate surface area is 102 Å². The Balaban J connectivity index is 2.99. The van der Waals surface area contributed by atoms with Gasteiger partial charge in [-0.1, -0.05) is 30.7 Å². The molecular formula is C11H16ClNO2S. The summed E-state index contributed by atoms with van der Waals surface area (Å²) in [5, 5.41) is -0.0370. The third kappa shape index (κ3) is 2.97. The van der Waals surface area contributed by atoms with Gasteiger partial charge >= 0.3 is 0 Å². The first-order valence-electron chi connectivity index (χ1n) is 5.11. The minimum atomic E-state index is -3.13. The number of halogens is 1. The predicted molar refractivity (Wildman–Crippen MR) is 67.3 cm³/mol. The summed E-state index contributed by atoms with van der Waals surface area (Å²) in [5.74, 6) is 0.0996. The lowest BCUT2D eigenvalue weighted by molar-refractivity contribution is 0.566. The first-order chi connectivity index (χ1) is 7.38. The molecule has 1 rings (SSSR count). The molecule has 0 saturated heterocycles. The Bertz CT molecular complexity index is 459. The highest BCUT2D eigenvalue weighted by Gasteiger charge is 2.26. The van der Waals surface area contributed by atoms with Gasteiger partial charge in [0.15, 0.2) is 9.84 Å². The largest absolute Gasteiger partial charge is 0.323 e. The number of nitrogens with two attached hydrogens (primary N) is 1. The van der Waals surface area contributed by atoms with Gasteiger partial charge in [-0.15, -0.1) is 0 Å². The number of benzene rings is 1. The molecule has 1 aromatic rings. The third-order valence-corrected chi connectivity index (χ3v) is 5.17. The second kappa shape index (κ2) is 5.17. The van der Waals surface area contributed by atoms with Gasteiger partial charge in [-0.2, -0.15) is 0 Å². The highest BCUT2D eigenvalue weighted by atomic mass is 35.5. The molecule has 3 nitrogen and oxygen atoms in total. The van der Waals surface area contributed by atoms with Crippen LogP contribution in [0, 0.1) is 0 Å². The van der Waals surface area contributed by atoms with Gasteiger partial charge in [0.25, 0.3) is 0 Å². The Kier molecular flexibility index (Phi) is 4.35. The van der Waals surface area contributed by atoms with E-state index in [4.69, 9.17) is 17.3 Å². The maximum atomic E-state index is 11.7. The number of hydrogen-bond acceptors (Lipinski definition) is 3. The summed E-state index contributed by atoms with van der Waals surface area (Å²) in [6, 6.07) is 6.45. The minimum absolute atomic E-state index is 0.0996. The van der Waals surface area contributed by atoms with Crippen molar-refractivity contribution in [1.29, 1.82) is 0 Å². The van der Waals surface area contributed by atoms with Gasteiger partial charge in [0.05, 0.1) is 5.25 Å². The van der Waals surface area contributed by atoms with E-state index in [9.17, 15) is 8.42 Å². The Hall–Kier alpha value is -0.580. The zero-order chi connectivity index (χ0) is 12.3. The lowest BCUT2D eigenvalue weighted by atomic mass is 10.1. The average Bonchev–Trinajstić information content (AvgIpc) is 2.27. The SMILES string of the molecule is CCS(=O)(=O)[C@@H](C)[C@@H](N)c1cccc(Cl)c1. The number of hydrogen-bond donors (Lipinski definition) is 1. The fraction of sp³-hybridized carbons (Fsp3) is 0.455. The fourth-order valence-electron chi connectivity index (χ4n) is 1.47. The van der Waals surface area contributed by atoms with Crippen LogP contribution in [0.1, 0.15) is 25.5 Å². The molecule has 5 heteroatoms. The van der Waals surface area contributed by atoms with Crippen molar-refractivity contribution >= 4 is 21.4 Å². The Morgan fingerprint density at radius 3 is 2.56 bits per heavy atom. The van der Waals surface area contributed by atoms with Crippen LogP contribution in [0.25, 0.3) is 0 Å². The van der Waals surface area contributed by atoms with Crippen molar-refractivity contribution in [3.63, 3.8) is 0 Å². The van der Waals surface area contributed by atoms with Crippen molar-refractivity contribution < 1.29 is 8.42 Å². The fourth-order valence-corrected chi connectivity index (χ4v) is 2.80. The summed E-state index contributed by atoms with van der Waals surface area (Å²) in [6.07, 6.45) is 0. The van der Waals surface area contributed by atoms with E-state index in [1.165, 1.54) is 0 Å². The van der Waals surface area contributed by atoms with Crippen molar-refractivity contribution in [1.82, 2.24) is 0 Å². The molecule has 0 aromatic heterocycles. The molecule has 0 heterocycles. The maximum Gasteiger partial charge on any atom is 0.154 e. The van der Waals surface area contributed by atoms with E-state index < -0.39 is 21.1 Å². The molecule has 0 amide bonds. The summed E-state index contributed by atoms with van der Waals surface area (Å²) in [5.41, 5.74) is 6.68. The Morgan fingerprint density at radius 1 is 1.44 bits per heavy atom. The topological polar surface area (TPSA) is 60.2 Å². The molecule has 0 aliphatic heterocycles. The zero-order valence-electron chi connectivity index (χ0n) is 9.35. The van der Waals surface area contributed by atoms with Crippen molar-refractivity contribution in [2.45, 2.75) is 25.1 Å². The molecule has 0 spiro atoms. The molecule has 0 unspecified atom stereocenters. The molecule has 90 valence electrons. The van der Waals surface area contributed by atoms with Crippen molar-refractivity contribution in [3.05, 3.63) is 34.9 Å². The molecule has 0 saturated carbocycles.